The largest absolute Gasteiger partial charge is 0.462 e. The van der Waals surface area contributed by atoms with Gasteiger partial charge in [0.05, 0.1) is 25.0 Å². The predicted octanol–water partition coefficient (Wildman–Crippen LogP) is 2.66. The van der Waals surface area contributed by atoms with Crippen molar-refractivity contribution in [2.24, 2.45) is 0 Å². The fourth-order valence-corrected chi connectivity index (χ4v) is 4.36. The SMILES string of the molecule is CCOC(=O)c1cnn(-c2ccccc2)c1NC(=O)CN1CCCN(c2nccs2)CC1. The van der Waals surface area contributed by atoms with Gasteiger partial charge < -0.3 is 15.0 Å². The minimum absolute atomic E-state index is 0.198. The molecule has 1 aromatic carbocycles. The molecule has 1 fully saturated rings. The number of nitrogens with one attached hydrogen (secondary N) is 1. The molecule has 1 N–H and O–H groups in total. The zero-order valence-corrected chi connectivity index (χ0v) is 18.8. The van der Waals surface area contributed by atoms with E-state index in [1.165, 1.54) is 6.20 Å². The topological polar surface area (TPSA) is 92.6 Å². The molecular weight excluding hydrogens is 428 g/mol. The van der Waals surface area contributed by atoms with Crippen LogP contribution in [0.5, 0.6) is 0 Å². The Kier molecular flexibility index (Phi) is 7.13. The monoisotopic (exact) mass is 454 g/mol. The van der Waals surface area contributed by atoms with Gasteiger partial charge in [-0.15, -0.1) is 11.3 Å². The molecule has 3 heterocycles. The number of benzene rings is 1. The molecule has 1 amide bonds. The Morgan fingerprint density at radius 1 is 1.16 bits per heavy atom. The van der Waals surface area contributed by atoms with Crippen molar-refractivity contribution in [3.63, 3.8) is 0 Å². The molecule has 2 aromatic heterocycles. The minimum atomic E-state index is -0.515. The first-order valence-electron chi connectivity index (χ1n) is 10.6. The summed E-state index contributed by atoms with van der Waals surface area (Å²) in [6.07, 6.45) is 4.19. The molecule has 32 heavy (non-hydrogen) atoms. The standard InChI is InChI=1S/C22H26N6O3S/c1-2-31-21(30)18-15-24-28(17-7-4-3-5-8-17)20(18)25-19(29)16-26-10-6-11-27(13-12-26)22-23-9-14-32-22/h3-5,7-9,14-15H,2,6,10-13,16H2,1H3,(H,25,29). The number of rotatable bonds is 7. The van der Waals surface area contributed by atoms with Gasteiger partial charge in [0, 0.05) is 37.8 Å². The zero-order chi connectivity index (χ0) is 22.3. The van der Waals surface area contributed by atoms with E-state index < -0.39 is 5.97 Å². The highest BCUT2D eigenvalue weighted by Gasteiger charge is 2.23. The summed E-state index contributed by atoms with van der Waals surface area (Å²) in [6.45, 7) is 5.52. The summed E-state index contributed by atoms with van der Waals surface area (Å²) >= 11 is 1.63. The summed E-state index contributed by atoms with van der Waals surface area (Å²) < 4.78 is 6.70. The van der Waals surface area contributed by atoms with E-state index in [4.69, 9.17) is 4.74 Å². The van der Waals surface area contributed by atoms with Crippen molar-refractivity contribution in [3.8, 4) is 5.69 Å². The van der Waals surface area contributed by atoms with Crippen LogP contribution in [0.15, 0.2) is 48.1 Å². The second kappa shape index (κ2) is 10.4. The van der Waals surface area contributed by atoms with E-state index in [0.29, 0.717) is 5.82 Å². The lowest BCUT2D eigenvalue weighted by Crippen LogP contribution is -2.37. The van der Waals surface area contributed by atoms with Gasteiger partial charge in [-0.2, -0.15) is 5.10 Å². The molecule has 0 atom stereocenters. The Balaban J connectivity index is 1.46. The number of carbonyl (C=O) groups is 2. The van der Waals surface area contributed by atoms with Crippen molar-refractivity contribution in [3.05, 3.63) is 53.7 Å². The van der Waals surface area contributed by atoms with Crippen LogP contribution in [0.25, 0.3) is 5.69 Å². The van der Waals surface area contributed by atoms with E-state index in [9.17, 15) is 9.59 Å². The Morgan fingerprint density at radius 3 is 2.75 bits per heavy atom. The Morgan fingerprint density at radius 2 is 2.00 bits per heavy atom. The maximum atomic E-state index is 12.9. The molecule has 10 heteroatoms. The number of para-hydroxylation sites is 1. The molecule has 9 nitrogen and oxygen atoms in total. The molecule has 1 saturated heterocycles. The van der Waals surface area contributed by atoms with Gasteiger partial charge >= 0.3 is 5.97 Å². The Labute approximate surface area is 190 Å². The number of ether oxygens (including phenoxy) is 1. The molecular formula is C22H26N6O3S. The average Bonchev–Trinajstić information content (AvgIpc) is 3.42. The van der Waals surface area contributed by atoms with Crippen LogP contribution < -0.4 is 10.2 Å². The molecule has 1 aliphatic rings. The van der Waals surface area contributed by atoms with Gasteiger partial charge in [-0.05, 0) is 25.5 Å². The van der Waals surface area contributed by atoms with Crippen LogP contribution in [0.3, 0.4) is 0 Å². The van der Waals surface area contributed by atoms with Crippen molar-refractivity contribution in [1.82, 2.24) is 19.7 Å². The van der Waals surface area contributed by atoms with Gasteiger partial charge in [-0.1, -0.05) is 18.2 Å². The van der Waals surface area contributed by atoms with Crippen molar-refractivity contribution in [2.45, 2.75) is 13.3 Å². The molecule has 0 aliphatic carbocycles. The number of esters is 1. The summed E-state index contributed by atoms with van der Waals surface area (Å²) in [5.74, 6) is -0.395. The van der Waals surface area contributed by atoms with Crippen LogP contribution in [-0.2, 0) is 9.53 Å². The maximum Gasteiger partial charge on any atom is 0.343 e. The first-order chi connectivity index (χ1) is 15.7. The quantitative estimate of drug-likeness (QED) is 0.549. The fraction of sp³-hybridized carbons (Fsp3) is 0.364. The van der Waals surface area contributed by atoms with Crippen LogP contribution in [-0.4, -0.2) is 70.9 Å². The first-order valence-corrected chi connectivity index (χ1v) is 11.5. The highest BCUT2D eigenvalue weighted by Crippen LogP contribution is 2.22. The minimum Gasteiger partial charge on any atom is -0.462 e. The van der Waals surface area contributed by atoms with Crippen LogP contribution in [0.1, 0.15) is 23.7 Å². The molecule has 0 radical (unpaired) electrons. The molecule has 4 rings (SSSR count). The summed E-state index contributed by atoms with van der Waals surface area (Å²) in [6, 6.07) is 9.36. The third-order valence-electron chi connectivity index (χ3n) is 5.17. The average molecular weight is 455 g/mol. The van der Waals surface area contributed by atoms with Crippen LogP contribution in [0.4, 0.5) is 10.9 Å². The summed E-state index contributed by atoms with van der Waals surface area (Å²) in [4.78, 5) is 34.1. The fourth-order valence-electron chi connectivity index (χ4n) is 3.66. The number of amides is 1. The summed E-state index contributed by atoms with van der Waals surface area (Å²) in [5.41, 5.74) is 0.974. The van der Waals surface area contributed by atoms with E-state index in [2.05, 4.69) is 25.2 Å². The van der Waals surface area contributed by atoms with E-state index in [1.54, 1.807) is 22.9 Å². The van der Waals surface area contributed by atoms with E-state index in [1.807, 2.05) is 41.9 Å². The molecule has 0 unspecified atom stereocenters. The summed E-state index contributed by atoms with van der Waals surface area (Å²) in [7, 11) is 0. The molecule has 168 valence electrons. The molecule has 0 spiro atoms. The van der Waals surface area contributed by atoms with E-state index >= 15 is 0 Å². The van der Waals surface area contributed by atoms with Gasteiger partial charge in [0.2, 0.25) is 5.91 Å². The van der Waals surface area contributed by atoms with Crippen LogP contribution in [0, 0.1) is 0 Å². The highest BCUT2D eigenvalue weighted by molar-refractivity contribution is 7.13. The van der Waals surface area contributed by atoms with Crippen molar-refractivity contribution in [2.75, 3.05) is 49.5 Å². The van der Waals surface area contributed by atoms with Gasteiger partial charge in [-0.3, -0.25) is 9.69 Å². The summed E-state index contributed by atoms with van der Waals surface area (Å²) in [5, 5.41) is 10.2. The maximum absolute atomic E-state index is 12.9. The number of hydrogen-bond acceptors (Lipinski definition) is 8. The van der Waals surface area contributed by atoms with Crippen molar-refractivity contribution in [1.29, 1.82) is 0 Å². The van der Waals surface area contributed by atoms with Gasteiger partial charge in [0.15, 0.2) is 10.9 Å². The first kappa shape index (κ1) is 22.0. The van der Waals surface area contributed by atoms with Gasteiger partial charge in [0.1, 0.15) is 5.56 Å². The Hall–Kier alpha value is -3.24. The van der Waals surface area contributed by atoms with E-state index in [-0.39, 0.29) is 24.6 Å². The smallest absolute Gasteiger partial charge is 0.343 e. The predicted molar refractivity (Wildman–Crippen MR) is 124 cm³/mol. The molecule has 0 saturated carbocycles. The number of nitrogens with zero attached hydrogens (tertiary/aromatic N) is 5. The van der Waals surface area contributed by atoms with Gasteiger partial charge in [0.25, 0.3) is 0 Å². The lowest BCUT2D eigenvalue weighted by molar-refractivity contribution is -0.117. The zero-order valence-electron chi connectivity index (χ0n) is 17.9. The number of thiazole rings is 1. The number of aromatic nitrogens is 3. The third kappa shape index (κ3) is 5.14. The molecule has 3 aromatic rings. The van der Waals surface area contributed by atoms with Crippen molar-refractivity contribution >= 4 is 34.2 Å². The van der Waals surface area contributed by atoms with E-state index in [0.717, 1.165) is 43.4 Å². The number of carbonyl (C=O) groups excluding carboxylic acids is 2. The van der Waals surface area contributed by atoms with Crippen LogP contribution in [0.2, 0.25) is 0 Å². The number of anilines is 2. The number of hydrogen-bond donors (Lipinski definition) is 1. The van der Waals surface area contributed by atoms with Crippen molar-refractivity contribution < 1.29 is 14.3 Å². The Bertz CT molecular complexity index is 1040. The second-order valence-electron chi connectivity index (χ2n) is 7.35. The normalized spacial score (nSPS) is 14.7. The third-order valence-corrected chi connectivity index (χ3v) is 6.00. The lowest BCUT2D eigenvalue weighted by atomic mass is 10.3. The lowest BCUT2D eigenvalue weighted by Gasteiger charge is -2.21. The molecule has 1 aliphatic heterocycles. The second-order valence-corrected chi connectivity index (χ2v) is 8.23. The highest BCUT2D eigenvalue weighted by atomic mass is 32.1. The molecule has 0 bridgehead atoms. The van der Waals surface area contributed by atoms with Gasteiger partial charge in [-0.25, -0.2) is 14.5 Å². The van der Waals surface area contributed by atoms with Crippen LogP contribution >= 0.6 is 11.3 Å².